The van der Waals surface area contributed by atoms with Gasteiger partial charge in [-0.2, -0.15) is 0 Å². The second-order valence-corrected chi connectivity index (χ2v) is 9.60. The smallest absolute Gasteiger partial charge is 0.484 e. The summed E-state index contributed by atoms with van der Waals surface area (Å²) in [6.45, 7) is -0.623. The molecule has 32 heavy (non-hydrogen) atoms. The number of alkyl halides is 3. The number of nitrogens with zero attached hydrogens (tertiary/aromatic N) is 2. The molecule has 0 spiro atoms. The second kappa shape index (κ2) is 7.34. The van der Waals surface area contributed by atoms with Gasteiger partial charge in [-0.05, 0) is 56.4 Å². The van der Waals surface area contributed by atoms with Gasteiger partial charge in [0.15, 0.2) is 6.61 Å². The van der Waals surface area contributed by atoms with E-state index in [4.69, 9.17) is 20.8 Å². The number of nitrogens with one attached hydrogen (secondary N) is 1. The van der Waals surface area contributed by atoms with Crippen LogP contribution in [0.15, 0.2) is 28.7 Å². The van der Waals surface area contributed by atoms with Crippen molar-refractivity contribution in [3.05, 3.63) is 41.1 Å². The van der Waals surface area contributed by atoms with E-state index in [2.05, 4.69) is 20.3 Å². The maximum absolute atomic E-state index is 12.5. The first-order valence-corrected chi connectivity index (χ1v) is 10.7. The molecule has 0 radical (unpaired) electrons. The third-order valence-corrected chi connectivity index (χ3v) is 7.03. The van der Waals surface area contributed by atoms with E-state index >= 15 is 0 Å². The molecule has 1 aromatic carbocycles. The minimum absolute atomic E-state index is 0.108. The van der Waals surface area contributed by atoms with Gasteiger partial charge in [-0.1, -0.05) is 18.0 Å². The molecule has 2 aromatic rings. The lowest BCUT2D eigenvalue weighted by Gasteiger charge is -2.68. The second-order valence-electron chi connectivity index (χ2n) is 9.16. The summed E-state index contributed by atoms with van der Waals surface area (Å²) >= 11 is 5.82. The zero-order valence-electron chi connectivity index (χ0n) is 17.0. The van der Waals surface area contributed by atoms with Crippen LogP contribution in [0.25, 0.3) is 0 Å². The van der Waals surface area contributed by atoms with E-state index in [0.29, 0.717) is 48.8 Å². The average molecular weight is 472 g/mol. The quantitative estimate of drug-likeness (QED) is 0.625. The van der Waals surface area contributed by atoms with Crippen LogP contribution in [0.2, 0.25) is 5.02 Å². The molecule has 0 aliphatic heterocycles. The molecule has 4 aliphatic rings. The van der Waals surface area contributed by atoms with Crippen LogP contribution < -0.4 is 10.1 Å². The molecule has 0 atom stereocenters. The minimum atomic E-state index is -4.69. The lowest BCUT2D eigenvalue weighted by molar-refractivity contribution is -0.332. The summed E-state index contributed by atoms with van der Waals surface area (Å²) in [6.07, 6.45) is -0.907. The van der Waals surface area contributed by atoms with Gasteiger partial charge in [0, 0.05) is 10.6 Å². The maximum atomic E-state index is 12.5. The normalized spacial score (nSPS) is 27.6. The number of benzene rings is 1. The van der Waals surface area contributed by atoms with Crippen molar-refractivity contribution in [3.63, 3.8) is 0 Å². The van der Waals surface area contributed by atoms with E-state index in [0.717, 1.165) is 6.42 Å². The lowest BCUT2D eigenvalue weighted by Crippen LogP contribution is -2.77. The van der Waals surface area contributed by atoms with E-state index in [-0.39, 0.29) is 29.4 Å². The number of carbonyl (C=O) groups is 1. The van der Waals surface area contributed by atoms with Crippen molar-refractivity contribution >= 4 is 17.5 Å². The molecule has 7 nitrogen and oxygen atoms in total. The van der Waals surface area contributed by atoms with Gasteiger partial charge in [-0.3, -0.25) is 9.53 Å². The Bertz CT molecular complexity index is 1000. The summed E-state index contributed by atoms with van der Waals surface area (Å²) in [5.41, 5.74) is -1.50. The van der Waals surface area contributed by atoms with Crippen molar-refractivity contribution < 1.29 is 31.9 Å². The molecule has 4 fully saturated rings. The first-order valence-electron chi connectivity index (χ1n) is 10.4. The number of carbonyl (C=O) groups excluding carboxylic acids is 1. The fourth-order valence-electron chi connectivity index (χ4n) is 5.05. The minimum Gasteiger partial charge on any atom is -0.484 e. The van der Waals surface area contributed by atoms with Crippen molar-refractivity contribution in [2.45, 2.75) is 61.3 Å². The predicted octanol–water partition coefficient (Wildman–Crippen LogP) is 4.05. The number of rotatable bonds is 8. The Balaban J connectivity index is 1.14. The molecule has 1 aromatic heterocycles. The molecule has 11 heteroatoms. The third kappa shape index (κ3) is 3.83. The van der Waals surface area contributed by atoms with Crippen molar-refractivity contribution in [2.24, 2.45) is 0 Å². The van der Waals surface area contributed by atoms with Gasteiger partial charge in [0.05, 0.1) is 17.4 Å². The van der Waals surface area contributed by atoms with Gasteiger partial charge in [0.25, 0.3) is 5.91 Å². The van der Waals surface area contributed by atoms with Crippen LogP contribution in [-0.2, 0) is 20.4 Å². The SMILES string of the molecule is O=C(COc1ccc(Cl)cc1)NC12CC(c3nnc(C4(COC(F)(F)F)CCC4)o3)(C1)C2. The Hall–Kier alpha value is -2.33. The standard InChI is InChI=1S/C21H21ClF3N3O4/c22-13-2-4-14(5-3-13)30-8-15(29)26-20-9-19(10-20,11-20)17-28-27-16(32-17)18(6-1-7-18)12-31-21(23,24)25/h2-5H,1,6-12H2,(H,26,29). The number of hydrogen-bond donors (Lipinski definition) is 1. The van der Waals surface area contributed by atoms with Gasteiger partial charge in [0.1, 0.15) is 5.75 Å². The fraction of sp³-hybridized carbons (Fsp3) is 0.571. The molecular formula is C21H21ClF3N3O4. The van der Waals surface area contributed by atoms with Gasteiger partial charge in [-0.15, -0.1) is 23.4 Å². The Morgan fingerprint density at radius 2 is 1.78 bits per heavy atom. The Morgan fingerprint density at radius 3 is 2.38 bits per heavy atom. The van der Waals surface area contributed by atoms with Crippen LogP contribution in [0.5, 0.6) is 5.75 Å². The topological polar surface area (TPSA) is 86.5 Å². The first-order chi connectivity index (χ1) is 15.1. The van der Waals surface area contributed by atoms with E-state index in [9.17, 15) is 18.0 Å². The third-order valence-electron chi connectivity index (χ3n) is 6.77. The van der Waals surface area contributed by atoms with Crippen LogP contribution in [0.1, 0.15) is 50.3 Å². The monoisotopic (exact) mass is 471 g/mol. The Kier molecular flexibility index (Phi) is 4.94. The van der Waals surface area contributed by atoms with Crippen LogP contribution in [-0.4, -0.2) is 41.2 Å². The van der Waals surface area contributed by atoms with Crippen LogP contribution in [0, 0.1) is 0 Å². The van der Waals surface area contributed by atoms with Crippen molar-refractivity contribution in [3.8, 4) is 5.75 Å². The van der Waals surface area contributed by atoms with Crippen molar-refractivity contribution in [1.29, 1.82) is 0 Å². The Labute approximate surface area is 186 Å². The fourth-order valence-corrected chi connectivity index (χ4v) is 5.18. The number of ether oxygens (including phenoxy) is 2. The van der Waals surface area contributed by atoms with Crippen molar-refractivity contribution in [2.75, 3.05) is 13.2 Å². The summed E-state index contributed by atoms with van der Waals surface area (Å²) in [4.78, 5) is 12.3. The largest absolute Gasteiger partial charge is 0.522 e. The zero-order valence-corrected chi connectivity index (χ0v) is 17.8. The summed E-state index contributed by atoms with van der Waals surface area (Å²) < 4.78 is 52.9. The highest BCUT2D eigenvalue weighted by Crippen LogP contribution is 2.67. The molecule has 172 valence electrons. The number of halogens is 4. The highest BCUT2D eigenvalue weighted by atomic mass is 35.5. The maximum Gasteiger partial charge on any atom is 0.522 e. The molecule has 0 saturated heterocycles. The molecule has 1 heterocycles. The van der Waals surface area contributed by atoms with E-state index in [1.807, 2.05) is 0 Å². The molecule has 1 N–H and O–H groups in total. The molecule has 6 rings (SSSR count). The van der Waals surface area contributed by atoms with Gasteiger partial charge in [0.2, 0.25) is 11.8 Å². The summed E-state index contributed by atoms with van der Waals surface area (Å²) in [5.74, 6) is 0.968. The molecule has 2 bridgehead atoms. The highest BCUT2D eigenvalue weighted by molar-refractivity contribution is 6.30. The van der Waals surface area contributed by atoms with E-state index < -0.39 is 18.4 Å². The Morgan fingerprint density at radius 1 is 1.12 bits per heavy atom. The van der Waals surface area contributed by atoms with Crippen LogP contribution in [0.3, 0.4) is 0 Å². The highest BCUT2D eigenvalue weighted by Gasteiger charge is 2.72. The van der Waals surface area contributed by atoms with Gasteiger partial charge in [-0.25, -0.2) is 0 Å². The number of aromatic nitrogens is 2. The summed E-state index contributed by atoms with van der Waals surface area (Å²) in [7, 11) is 0. The lowest BCUT2D eigenvalue weighted by atomic mass is 9.39. The molecule has 1 amide bonds. The van der Waals surface area contributed by atoms with Crippen LogP contribution in [0.4, 0.5) is 13.2 Å². The number of hydrogen-bond acceptors (Lipinski definition) is 6. The average Bonchev–Trinajstić information content (AvgIpc) is 3.11. The zero-order chi connectivity index (χ0) is 22.6. The van der Waals surface area contributed by atoms with Crippen molar-refractivity contribution in [1.82, 2.24) is 15.5 Å². The molecule has 4 aliphatic carbocycles. The summed E-state index contributed by atoms with van der Waals surface area (Å²) in [6, 6.07) is 6.74. The molecule has 4 saturated carbocycles. The van der Waals surface area contributed by atoms with Gasteiger partial charge < -0.3 is 14.5 Å². The van der Waals surface area contributed by atoms with E-state index in [1.165, 1.54) is 0 Å². The molecule has 0 unspecified atom stereocenters. The first kappa shape index (κ1) is 21.5. The van der Waals surface area contributed by atoms with Crippen LogP contribution >= 0.6 is 11.6 Å². The number of amides is 1. The predicted molar refractivity (Wildman–Crippen MR) is 105 cm³/mol. The summed E-state index contributed by atoms with van der Waals surface area (Å²) in [5, 5.41) is 11.8. The molecular weight excluding hydrogens is 451 g/mol. The van der Waals surface area contributed by atoms with E-state index in [1.54, 1.807) is 24.3 Å². The van der Waals surface area contributed by atoms with Gasteiger partial charge >= 0.3 is 6.36 Å².